The number of carbonyl (C=O) groups excluding carboxylic acids is 1. The molecular formula is C30H41FN6O2. The maximum Gasteiger partial charge on any atom is 0.306 e. The average molecular weight is 537 g/mol. The molecule has 2 aromatic heterocycles. The lowest BCUT2D eigenvalue weighted by molar-refractivity contribution is -0.155. The molecule has 0 amide bonds. The largest absolute Gasteiger partial charge is 0.460 e. The maximum absolute atomic E-state index is 15.0. The van der Waals surface area contributed by atoms with Crippen LogP contribution in [0.4, 0.5) is 21.7 Å². The molecule has 2 N–H and O–H groups in total. The zero-order chi connectivity index (χ0) is 29.2. The smallest absolute Gasteiger partial charge is 0.306 e. The number of aliphatic imine (C=N–C) groups is 1. The van der Waals surface area contributed by atoms with Crippen molar-refractivity contribution in [2.75, 3.05) is 10.6 Å². The van der Waals surface area contributed by atoms with Crippen LogP contribution in [0.15, 0.2) is 41.2 Å². The number of halogens is 1. The topological polar surface area (TPSA) is 112 Å². The molecule has 9 heteroatoms. The number of pyridine rings is 2. The molecule has 0 aromatic carbocycles. The van der Waals surface area contributed by atoms with Gasteiger partial charge in [-0.3, -0.25) is 14.8 Å². The van der Waals surface area contributed by atoms with Gasteiger partial charge in [0.15, 0.2) is 17.5 Å². The van der Waals surface area contributed by atoms with Crippen LogP contribution in [-0.2, 0) is 16.1 Å². The van der Waals surface area contributed by atoms with Crippen molar-refractivity contribution < 1.29 is 13.9 Å². The van der Waals surface area contributed by atoms with Gasteiger partial charge in [0.1, 0.15) is 11.7 Å². The Bertz CT molecular complexity index is 1240. The van der Waals surface area contributed by atoms with E-state index < -0.39 is 11.4 Å². The molecule has 0 spiro atoms. The number of nitrogens with zero attached hydrogens (tertiary/aromatic N) is 4. The molecule has 2 rings (SSSR count). The predicted octanol–water partition coefficient (Wildman–Crippen LogP) is 7.11. The fourth-order valence-corrected chi connectivity index (χ4v) is 3.87. The van der Waals surface area contributed by atoms with E-state index in [-0.39, 0.29) is 41.5 Å². The highest BCUT2D eigenvalue weighted by atomic mass is 19.1. The molecule has 0 aliphatic carbocycles. The molecule has 2 atom stereocenters. The summed E-state index contributed by atoms with van der Waals surface area (Å²) in [5.41, 5.74) is 3.02. The minimum atomic E-state index is -0.640. The molecule has 210 valence electrons. The Hall–Kier alpha value is -3.80. The third kappa shape index (κ3) is 10.1. The summed E-state index contributed by atoms with van der Waals surface area (Å²) in [5, 5.41) is 15.9. The Morgan fingerprint density at radius 3 is 2.59 bits per heavy atom. The number of nitriles is 1. The highest BCUT2D eigenvalue weighted by Gasteiger charge is 2.25. The molecule has 0 saturated carbocycles. The molecule has 0 radical (unpaired) electrons. The molecule has 39 heavy (non-hydrogen) atoms. The maximum atomic E-state index is 15.0. The normalized spacial score (nSPS) is 13.8. The monoisotopic (exact) mass is 536 g/mol. The Labute approximate surface area is 231 Å². The zero-order valence-electron chi connectivity index (χ0n) is 24.4. The standard InChI is InChI=1S/C30H41FN6O2/c1-9-11-26(20(4)12-27(38)39-30(6,7)8)36-29-25(31)14-23(15-32)28(37-29)35-24-13-22(16-33-18-24)17-34-21(5)19(3)10-2/h10,13-14,16,18,20,26H,9,11-12,17H2,1-8H3,(H2,35,36,37)/b19-10-,34-21-/t20-,26-/m1/s1. The van der Waals surface area contributed by atoms with Crippen molar-refractivity contribution in [2.45, 2.75) is 92.8 Å². The first-order chi connectivity index (χ1) is 18.4. The van der Waals surface area contributed by atoms with Crippen molar-refractivity contribution in [3.05, 3.63) is 53.1 Å². The van der Waals surface area contributed by atoms with Gasteiger partial charge in [-0.05, 0) is 77.2 Å². The molecule has 0 fully saturated rings. The Balaban J connectivity index is 2.27. The summed E-state index contributed by atoms with van der Waals surface area (Å²) in [6.07, 6.45) is 7.06. The predicted molar refractivity (Wildman–Crippen MR) is 155 cm³/mol. The SMILES string of the molecule is C/C=C(C)\C(C)=N/Cc1cncc(Nc2nc(N[C@H](CCC)[C@H](C)CC(=O)OC(C)(C)C)c(F)cc2C#N)c1. The van der Waals surface area contributed by atoms with E-state index in [1.54, 1.807) is 12.4 Å². The number of aromatic nitrogens is 2. The molecule has 8 nitrogen and oxygen atoms in total. The van der Waals surface area contributed by atoms with E-state index in [1.165, 1.54) is 0 Å². The van der Waals surface area contributed by atoms with Crippen LogP contribution in [0, 0.1) is 23.1 Å². The fraction of sp³-hybridized carbons (Fsp3) is 0.500. The number of anilines is 3. The number of rotatable bonds is 12. The van der Waals surface area contributed by atoms with Crippen LogP contribution in [-0.4, -0.2) is 33.3 Å². The van der Waals surface area contributed by atoms with E-state index in [2.05, 4.69) is 25.6 Å². The van der Waals surface area contributed by atoms with Crippen molar-refractivity contribution in [1.82, 2.24) is 9.97 Å². The summed E-state index contributed by atoms with van der Waals surface area (Å²) in [6, 6.07) is 4.81. The lowest BCUT2D eigenvalue weighted by atomic mass is 9.94. The first-order valence-corrected chi connectivity index (χ1v) is 13.3. The molecule has 0 aliphatic heterocycles. The molecule has 0 unspecified atom stereocenters. The number of allylic oxidation sites excluding steroid dienone is 2. The molecule has 0 bridgehead atoms. The van der Waals surface area contributed by atoms with Gasteiger partial charge in [-0.2, -0.15) is 5.26 Å². The number of hydrogen-bond donors (Lipinski definition) is 2. The van der Waals surface area contributed by atoms with Crippen molar-refractivity contribution in [2.24, 2.45) is 10.9 Å². The van der Waals surface area contributed by atoms with E-state index in [4.69, 9.17) is 4.74 Å². The van der Waals surface area contributed by atoms with Gasteiger partial charge in [-0.1, -0.05) is 26.3 Å². The molecule has 0 aliphatic rings. The number of carbonyl (C=O) groups is 1. The molecule has 2 aromatic rings. The van der Waals surface area contributed by atoms with Gasteiger partial charge in [-0.15, -0.1) is 0 Å². The quantitative estimate of drug-likeness (QED) is 0.220. The Morgan fingerprint density at radius 2 is 1.97 bits per heavy atom. The van der Waals surface area contributed by atoms with E-state index >= 15 is 4.39 Å². The second-order valence-electron chi connectivity index (χ2n) is 10.7. The van der Waals surface area contributed by atoms with Crippen LogP contribution in [0.2, 0.25) is 0 Å². The highest BCUT2D eigenvalue weighted by molar-refractivity contribution is 5.97. The van der Waals surface area contributed by atoms with E-state index in [1.807, 2.05) is 73.6 Å². The van der Waals surface area contributed by atoms with Crippen LogP contribution >= 0.6 is 0 Å². The molecular weight excluding hydrogens is 495 g/mol. The van der Waals surface area contributed by atoms with Gasteiger partial charge in [0.2, 0.25) is 0 Å². The first kappa shape index (κ1) is 31.4. The van der Waals surface area contributed by atoms with Gasteiger partial charge >= 0.3 is 5.97 Å². The third-order valence-electron chi connectivity index (χ3n) is 6.17. The van der Waals surface area contributed by atoms with Gasteiger partial charge in [-0.25, -0.2) is 9.37 Å². The third-order valence-corrected chi connectivity index (χ3v) is 6.17. The number of hydrogen-bond acceptors (Lipinski definition) is 8. The van der Waals surface area contributed by atoms with Crippen LogP contribution in [0.1, 0.15) is 85.8 Å². The van der Waals surface area contributed by atoms with Gasteiger partial charge in [0.05, 0.1) is 30.4 Å². The van der Waals surface area contributed by atoms with Crippen molar-refractivity contribution in [1.29, 1.82) is 5.26 Å². The summed E-state index contributed by atoms with van der Waals surface area (Å²) < 4.78 is 20.5. The lowest BCUT2D eigenvalue weighted by Gasteiger charge is -2.27. The van der Waals surface area contributed by atoms with E-state index in [9.17, 15) is 10.1 Å². The van der Waals surface area contributed by atoms with Crippen molar-refractivity contribution >= 4 is 29.0 Å². The van der Waals surface area contributed by atoms with Crippen LogP contribution in [0.3, 0.4) is 0 Å². The van der Waals surface area contributed by atoms with Crippen molar-refractivity contribution in [3.8, 4) is 6.07 Å². The van der Waals surface area contributed by atoms with Crippen LogP contribution in [0.25, 0.3) is 0 Å². The number of ether oxygens (including phenoxy) is 1. The van der Waals surface area contributed by atoms with Gasteiger partial charge in [0.25, 0.3) is 0 Å². The highest BCUT2D eigenvalue weighted by Crippen LogP contribution is 2.27. The summed E-state index contributed by atoms with van der Waals surface area (Å²) in [6.45, 7) is 15.8. The second kappa shape index (κ2) is 14.4. The zero-order valence-corrected chi connectivity index (χ0v) is 24.4. The summed E-state index contributed by atoms with van der Waals surface area (Å²) in [7, 11) is 0. The first-order valence-electron chi connectivity index (χ1n) is 13.3. The number of nitrogens with one attached hydrogen (secondary N) is 2. The molecule has 2 heterocycles. The fourth-order valence-electron chi connectivity index (χ4n) is 3.87. The summed E-state index contributed by atoms with van der Waals surface area (Å²) in [4.78, 5) is 25.7. The number of esters is 1. The minimum Gasteiger partial charge on any atom is -0.460 e. The summed E-state index contributed by atoms with van der Waals surface area (Å²) in [5.74, 6) is -0.860. The molecule has 0 saturated heterocycles. The van der Waals surface area contributed by atoms with Crippen molar-refractivity contribution in [3.63, 3.8) is 0 Å². The van der Waals surface area contributed by atoms with Crippen LogP contribution < -0.4 is 10.6 Å². The summed E-state index contributed by atoms with van der Waals surface area (Å²) >= 11 is 0. The Morgan fingerprint density at radius 1 is 1.26 bits per heavy atom. The van der Waals surface area contributed by atoms with Gasteiger partial charge in [0, 0.05) is 18.0 Å². The minimum absolute atomic E-state index is 0.0113. The van der Waals surface area contributed by atoms with E-state index in [0.717, 1.165) is 29.3 Å². The lowest BCUT2D eigenvalue weighted by Crippen LogP contribution is -2.32. The second-order valence-corrected chi connectivity index (χ2v) is 10.7. The Kier molecular flexibility index (Phi) is 11.6. The average Bonchev–Trinajstić information content (AvgIpc) is 2.87. The van der Waals surface area contributed by atoms with E-state index in [0.29, 0.717) is 18.7 Å². The van der Waals surface area contributed by atoms with Gasteiger partial charge < -0.3 is 15.4 Å². The van der Waals surface area contributed by atoms with Crippen LogP contribution in [0.5, 0.6) is 0 Å².